The van der Waals surface area contributed by atoms with Gasteiger partial charge >= 0.3 is 0 Å². The molecular weight excluding hydrogens is 649 g/mol. The van der Waals surface area contributed by atoms with Crippen LogP contribution < -0.4 is 4.90 Å². The van der Waals surface area contributed by atoms with E-state index in [2.05, 4.69) is 157 Å². The smallest absolute Gasteiger partial charge is 0.228 e. The zero-order valence-corrected chi connectivity index (χ0v) is 28.5. The molecule has 0 atom stereocenters. The summed E-state index contributed by atoms with van der Waals surface area (Å²) in [5.74, 6) is 0.579. The van der Waals surface area contributed by atoms with E-state index >= 15 is 0 Å². The van der Waals surface area contributed by atoms with E-state index in [1.807, 2.05) is 30.3 Å². The van der Waals surface area contributed by atoms with E-state index in [-0.39, 0.29) is 0 Å². The molecule has 0 aliphatic rings. The second-order valence-electron chi connectivity index (χ2n) is 13.6. The number of para-hydroxylation sites is 1. The highest BCUT2D eigenvalue weighted by Crippen LogP contribution is 2.45. The Morgan fingerprint density at radius 3 is 1.94 bits per heavy atom. The minimum atomic E-state index is 0.579. The van der Waals surface area contributed by atoms with Crippen LogP contribution in [0.15, 0.2) is 191 Å². The van der Waals surface area contributed by atoms with Gasteiger partial charge in [0, 0.05) is 44.7 Å². The molecule has 4 nitrogen and oxygen atoms in total. The Morgan fingerprint density at radius 1 is 0.415 bits per heavy atom. The van der Waals surface area contributed by atoms with Crippen LogP contribution in [0.1, 0.15) is 0 Å². The lowest BCUT2D eigenvalue weighted by atomic mass is 9.98. The van der Waals surface area contributed by atoms with Crippen molar-refractivity contribution in [1.82, 2.24) is 4.98 Å². The highest BCUT2D eigenvalue weighted by atomic mass is 16.3. The Balaban J connectivity index is 1.10. The quantitative estimate of drug-likeness (QED) is 0.182. The number of benzene rings is 9. The molecule has 0 spiro atoms. The molecule has 0 bridgehead atoms. The first-order chi connectivity index (χ1) is 26.2. The summed E-state index contributed by atoms with van der Waals surface area (Å²) >= 11 is 0. The predicted octanol–water partition coefficient (Wildman–Crippen LogP) is 14.0. The molecule has 0 saturated heterocycles. The number of anilines is 3. The van der Waals surface area contributed by atoms with Crippen molar-refractivity contribution in [3.05, 3.63) is 182 Å². The number of fused-ring (bicyclic) bond motifs is 8. The van der Waals surface area contributed by atoms with Gasteiger partial charge in [-0.15, -0.1) is 0 Å². The second kappa shape index (κ2) is 11.7. The summed E-state index contributed by atoms with van der Waals surface area (Å²) in [5, 5.41) is 8.98. The summed E-state index contributed by atoms with van der Waals surface area (Å²) in [6.45, 7) is 0. The molecule has 0 fully saturated rings. The van der Waals surface area contributed by atoms with Crippen molar-refractivity contribution in [2.75, 3.05) is 4.90 Å². The number of rotatable bonds is 5. The molecule has 0 aliphatic carbocycles. The van der Waals surface area contributed by atoms with Gasteiger partial charge in [0.1, 0.15) is 16.7 Å². The molecule has 0 radical (unpaired) electrons. The Labute approximate surface area is 304 Å². The van der Waals surface area contributed by atoms with E-state index in [0.717, 1.165) is 77.6 Å². The third kappa shape index (κ3) is 4.80. The first-order valence-electron chi connectivity index (χ1n) is 17.9. The Morgan fingerprint density at radius 2 is 1.08 bits per heavy atom. The van der Waals surface area contributed by atoms with Crippen LogP contribution in [-0.4, -0.2) is 4.98 Å². The molecule has 0 aliphatic heterocycles. The van der Waals surface area contributed by atoms with Crippen LogP contribution in [0.5, 0.6) is 0 Å². The van der Waals surface area contributed by atoms with Crippen molar-refractivity contribution in [2.45, 2.75) is 0 Å². The van der Waals surface area contributed by atoms with Gasteiger partial charge < -0.3 is 13.7 Å². The number of aromatic nitrogens is 1. The molecule has 0 N–H and O–H groups in total. The van der Waals surface area contributed by atoms with E-state index in [4.69, 9.17) is 13.8 Å². The van der Waals surface area contributed by atoms with Crippen molar-refractivity contribution in [2.24, 2.45) is 0 Å². The normalized spacial score (nSPS) is 11.8. The fraction of sp³-hybridized carbons (Fsp3) is 0. The van der Waals surface area contributed by atoms with Crippen LogP contribution in [0, 0.1) is 0 Å². The third-order valence-corrected chi connectivity index (χ3v) is 10.4. The van der Waals surface area contributed by atoms with E-state index in [1.54, 1.807) is 0 Å². The Hall–Kier alpha value is -7.17. The first kappa shape index (κ1) is 29.5. The maximum atomic E-state index is 6.66. The lowest BCUT2D eigenvalue weighted by Crippen LogP contribution is -2.11. The van der Waals surface area contributed by atoms with Crippen molar-refractivity contribution in [3.63, 3.8) is 0 Å². The Kier molecular flexibility index (Phi) is 6.52. The van der Waals surface area contributed by atoms with Gasteiger partial charge in [-0.3, -0.25) is 0 Å². The average Bonchev–Trinajstić information content (AvgIpc) is 3.83. The number of hydrogen-bond acceptors (Lipinski definition) is 4. The molecule has 11 rings (SSSR count). The zero-order chi connectivity index (χ0) is 34.9. The van der Waals surface area contributed by atoms with Gasteiger partial charge in [-0.25, -0.2) is 4.98 Å². The van der Waals surface area contributed by atoms with E-state index in [9.17, 15) is 0 Å². The van der Waals surface area contributed by atoms with Crippen molar-refractivity contribution >= 4 is 82.4 Å². The molecule has 0 unspecified atom stereocenters. The molecule has 2 aromatic heterocycles. The summed E-state index contributed by atoms with van der Waals surface area (Å²) < 4.78 is 13.2. The maximum Gasteiger partial charge on any atom is 0.228 e. The number of oxazole rings is 1. The van der Waals surface area contributed by atoms with Gasteiger partial charge in [-0.05, 0) is 87.1 Å². The molecule has 9 aromatic carbocycles. The minimum Gasteiger partial charge on any atom is -0.456 e. The van der Waals surface area contributed by atoms with Gasteiger partial charge in [-0.1, -0.05) is 121 Å². The van der Waals surface area contributed by atoms with Gasteiger partial charge in [0.15, 0.2) is 5.58 Å². The van der Waals surface area contributed by atoms with Gasteiger partial charge in [0.2, 0.25) is 5.89 Å². The molecule has 2 heterocycles. The fourth-order valence-electron chi connectivity index (χ4n) is 7.92. The van der Waals surface area contributed by atoms with E-state index in [1.165, 1.54) is 21.5 Å². The van der Waals surface area contributed by atoms with Crippen molar-refractivity contribution < 1.29 is 8.83 Å². The van der Waals surface area contributed by atoms with Crippen LogP contribution in [0.2, 0.25) is 0 Å². The maximum absolute atomic E-state index is 6.66. The lowest BCUT2D eigenvalue weighted by Gasteiger charge is -2.28. The van der Waals surface area contributed by atoms with Crippen LogP contribution >= 0.6 is 0 Å². The highest BCUT2D eigenvalue weighted by Gasteiger charge is 2.22. The number of nitrogens with zero attached hydrogens (tertiary/aromatic N) is 2. The molecule has 0 saturated carbocycles. The molecule has 0 amide bonds. The van der Waals surface area contributed by atoms with Gasteiger partial charge in [0.25, 0.3) is 0 Å². The SMILES string of the molecule is c1ccc(N(c2ccc3ccccc3c2)c2ccc3c(c2)oc2cccc(-c4nc5ccc6ccccc6c5o4)c23)c(-c2ccc3ccccc3c2)c1. The molecule has 53 heavy (non-hydrogen) atoms. The molecule has 4 heteroatoms. The number of hydrogen-bond donors (Lipinski definition) is 0. The first-order valence-corrected chi connectivity index (χ1v) is 17.9. The van der Waals surface area contributed by atoms with Crippen molar-refractivity contribution in [1.29, 1.82) is 0 Å². The topological polar surface area (TPSA) is 42.4 Å². The molecule has 248 valence electrons. The predicted molar refractivity (Wildman–Crippen MR) is 219 cm³/mol. The second-order valence-corrected chi connectivity index (χ2v) is 13.6. The van der Waals surface area contributed by atoms with E-state index in [0.29, 0.717) is 5.89 Å². The number of furan rings is 1. The van der Waals surface area contributed by atoms with E-state index < -0.39 is 0 Å². The van der Waals surface area contributed by atoms with Crippen LogP contribution in [0.3, 0.4) is 0 Å². The fourth-order valence-corrected chi connectivity index (χ4v) is 7.92. The third-order valence-electron chi connectivity index (χ3n) is 10.4. The zero-order valence-electron chi connectivity index (χ0n) is 28.5. The summed E-state index contributed by atoms with van der Waals surface area (Å²) in [6.07, 6.45) is 0. The largest absolute Gasteiger partial charge is 0.456 e. The van der Waals surface area contributed by atoms with Gasteiger partial charge in [-0.2, -0.15) is 0 Å². The van der Waals surface area contributed by atoms with Crippen LogP contribution in [0.25, 0.3) is 87.9 Å². The molecular formula is C49H30N2O2. The summed E-state index contributed by atoms with van der Waals surface area (Å²) in [6, 6.07) is 64.1. The standard InChI is InChI=1S/C49H30N2O2/c1-3-13-34-28-36(21-20-31(34)10-1)39-15-7-8-18-44(39)51(37-24-22-32-11-2-4-14-35(32)29-37)38-25-26-41-46(30-38)52-45-19-9-17-42(47(41)45)49-50-43-27-23-33-12-5-6-16-40(33)48(43)53-49/h1-30H. The van der Waals surface area contributed by atoms with Crippen LogP contribution in [-0.2, 0) is 0 Å². The molecule has 11 aromatic rings. The van der Waals surface area contributed by atoms with Crippen LogP contribution in [0.4, 0.5) is 17.1 Å². The summed E-state index contributed by atoms with van der Waals surface area (Å²) in [5.41, 5.74) is 9.55. The van der Waals surface area contributed by atoms with Crippen molar-refractivity contribution in [3.8, 4) is 22.6 Å². The van der Waals surface area contributed by atoms with Gasteiger partial charge in [0.05, 0.1) is 5.69 Å². The highest BCUT2D eigenvalue weighted by molar-refractivity contribution is 6.13. The lowest BCUT2D eigenvalue weighted by molar-refractivity contribution is 0.623. The summed E-state index contributed by atoms with van der Waals surface area (Å²) in [7, 11) is 0. The monoisotopic (exact) mass is 678 g/mol. The minimum absolute atomic E-state index is 0.579. The summed E-state index contributed by atoms with van der Waals surface area (Å²) in [4.78, 5) is 7.30. The Bertz CT molecular complexity index is 3210. The average molecular weight is 679 g/mol.